The zero-order valence-corrected chi connectivity index (χ0v) is 7.01. The van der Waals surface area contributed by atoms with E-state index in [4.69, 9.17) is 28.3 Å². The predicted molar refractivity (Wildman–Crippen MR) is 43.8 cm³/mol. The van der Waals surface area contributed by atoms with Gasteiger partial charge in [0.05, 0.1) is 5.92 Å². The predicted octanol–water partition coefficient (Wildman–Crippen LogP) is 1.99. The Morgan fingerprint density at radius 3 is 2.18 bits per heavy atom. The van der Waals surface area contributed by atoms with Crippen LogP contribution in [-0.2, 0) is 4.79 Å². The lowest BCUT2D eigenvalue weighted by Gasteiger charge is -2.15. The van der Waals surface area contributed by atoms with Crippen LogP contribution in [0.15, 0.2) is 24.3 Å². The van der Waals surface area contributed by atoms with Crippen molar-refractivity contribution in [1.82, 2.24) is 0 Å². The fourth-order valence-corrected chi connectivity index (χ4v) is 1.04. The molecule has 0 radical (unpaired) electrons. The van der Waals surface area contributed by atoms with Crippen LogP contribution in [0.2, 0.25) is 0 Å². The first kappa shape index (κ1) is 8.62. The first-order valence-corrected chi connectivity index (χ1v) is 3.76. The zero-order valence-electron chi connectivity index (χ0n) is 5.50. The second-order valence-corrected chi connectivity index (χ2v) is 3.70. The minimum absolute atomic E-state index is 0.597. The molecule has 0 aromatic rings. The third-order valence-corrected chi connectivity index (χ3v) is 1.84. The van der Waals surface area contributed by atoms with Crippen LogP contribution in [0.4, 0.5) is 0 Å². The Morgan fingerprint density at radius 1 is 1.36 bits per heavy atom. The summed E-state index contributed by atoms with van der Waals surface area (Å²) < 4.78 is -1.04. The highest BCUT2D eigenvalue weighted by Crippen LogP contribution is 2.29. The van der Waals surface area contributed by atoms with Crippen molar-refractivity contribution in [2.24, 2.45) is 5.92 Å². The average Bonchev–Trinajstić information content (AvgIpc) is 1.86. The minimum Gasteiger partial charge on any atom is -0.481 e. The lowest BCUT2D eigenvalue weighted by Crippen LogP contribution is -2.16. The summed E-state index contributed by atoms with van der Waals surface area (Å²) in [6, 6.07) is 0. The maximum Gasteiger partial charge on any atom is 0.314 e. The van der Waals surface area contributed by atoms with Gasteiger partial charge in [0.2, 0.25) is 0 Å². The largest absolute Gasteiger partial charge is 0.481 e. The Labute approximate surface area is 74.1 Å². The SMILES string of the molecule is O=C(O)C1C=CC(Cl)(Cl)C=C1. The number of rotatable bonds is 1. The van der Waals surface area contributed by atoms with Gasteiger partial charge in [0.1, 0.15) is 0 Å². The average molecular weight is 193 g/mol. The first-order valence-electron chi connectivity index (χ1n) is 3.01. The molecule has 1 rings (SSSR count). The molecule has 1 aliphatic carbocycles. The number of halogens is 2. The van der Waals surface area contributed by atoms with E-state index in [0.717, 1.165) is 0 Å². The number of hydrogen-bond donors (Lipinski definition) is 1. The van der Waals surface area contributed by atoms with Gasteiger partial charge in [0.15, 0.2) is 4.33 Å². The van der Waals surface area contributed by atoms with Gasteiger partial charge in [-0.15, -0.1) is 0 Å². The molecule has 1 N–H and O–H groups in total. The molecule has 1 aliphatic rings. The number of allylic oxidation sites excluding steroid dienone is 2. The van der Waals surface area contributed by atoms with Crippen LogP contribution in [0, 0.1) is 5.92 Å². The van der Waals surface area contributed by atoms with E-state index in [9.17, 15) is 4.79 Å². The van der Waals surface area contributed by atoms with Crippen molar-refractivity contribution in [2.75, 3.05) is 0 Å². The zero-order chi connectivity index (χ0) is 8.48. The molecule has 0 heterocycles. The van der Waals surface area contributed by atoms with Crippen molar-refractivity contribution in [1.29, 1.82) is 0 Å². The molecule has 2 nitrogen and oxygen atoms in total. The summed E-state index contributed by atoms with van der Waals surface area (Å²) in [7, 11) is 0. The highest BCUT2D eigenvalue weighted by atomic mass is 35.5. The molecule has 0 fully saturated rings. The Bertz CT molecular complexity index is 215. The van der Waals surface area contributed by atoms with E-state index in [0.29, 0.717) is 0 Å². The van der Waals surface area contributed by atoms with E-state index >= 15 is 0 Å². The second kappa shape index (κ2) is 2.88. The molecule has 0 amide bonds. The summed E-state index contributed by atoms with van der Waals surface area (Å²) in [4.78, 5) is 10.4. The smallest absolute Gasteiger partial charge is 0.314 e. The number of hydrogen-bond acceptors (Lipinski definition) is 1. The molecule has 0 unspecified atom stereocenters. The third kappa shape index (κ3) is 2.24. The highest BCUT2D eigenvalue weighted by molar-refractivity contribution is 6.51. The molecular weight excluding hydrogens is 187 g/mol. The van der Waals surface area contributed by atoms with Crippen molar-refractivity contribution in [2.45, 2.75) is 4.33 Å². The Kier molecular flexibility index (Phi) is 2.25. The molecule has 0 atom stereocenters. The molecule has 0 aromatic heterocycles. The van der Waals surface area contributed by atoms with Gasteiger partial charge in [-0.3, -0.25) is 4.79 Å². The van der Waals surface area contributed by atoms with Crippen molar-refractivity contribution >= 4 is 29.2 Å². The Morgan fingerprint density at radius 2 is 1.82 bits per heavy atom. The van der Waals surface area contributed by atoms with E-state index in [1.165, 1.54) is 24.3 Å². The topological polar surface area (TPSA) is 37.3 Å². The van der Waals surface area contributed by atoms with Crippen LogP contribution >= 0.6 is 23.2 Å². The van der Waals surface area contributed by atoms with E-state index < -0.39 is 16.2 Å². The molecular formula is C7H6Cl2O2. The first-order chi connectivity index (χ1) is 5.01. The standard InChI is InChI=1S/C7H6Cl2O2/c8-7(9)3-1-5(2-4-7)6(10)11/h1-5H,(H,10,11). The lowest BCUT2D eigenvalue weighted by atomic mass is 10.0. The second-order valence-electron chi connectivity index (χ2n) is 2.26. The summed E-state index contributed by atoms with van der Waals surface area (Å²) in [5, 5.41) is 8.52. The van der Waals surface area contributed by atoms with Gasteiger partial charge < -0.3 is 5.11 Å². The summed E-state index contributed by atoms with van der Waals surface area (Å²) >= 11 is 11.3. The van der Waals surface area contributed by atoms with Crippen molar-refractivity contribution in [3.8, 4) is 0 Å². The summed E-state index contributed by atoms with van der Waals surface area (Å²) in [6.07, 6.45) is 5.83. The quantitative estimate of drug-likeness (QED) is 0.510. The molecule has 0 aromatic carbocycles. The van der Waals surface area contributed by atoms with E-state index in [-0.39, 0.29) is 0 Å². The Hall–Kier alpha value is -0.470. The van der Waals surface area contributed by atoms with Crippen LogP contribution in [0.5, 0.6) is 0 Å². The molecule has 0 saturated carbocycles. The highest BCUT2D eigenvalue weighted by Gasteiger charge is 2.23. The van der Waals surface area contributed by atoms with Gasteiger partial charge in [0, 0.05) is 0 Å². The minimum atomic E-state index is -1.04. The van der Waals surface area contributed by atoms with E-state index in [1.54, 1.807) is 0 Å². The molecule has 0 aliphatic heterocycles. The normalized spacial score (nSPS) is 22.0. The molecule has 11 heavy (non-hydrogen) atoms. The van der Waals surface area contributed by atoms with Gasteiger partial charge >= 0.3 is 5.97 Å². The number of alkyl halides is 2. The van der Waals surface area contributed by atoms with Gasteiger partial charge in [-0.25, -0.2) is 0 Å². The summed E-state index contributed by atoms with van der Waals surface area (Å²) in [6.45, 7) is 0. The summed E-state index contributed by atoms with van der Waals surface area (Å²) in [5.41, 5.74) is 0. The van der Waals surface area contributed by atoms with Crippen LogP contribution in [0.25, 0.3) is 0 Å². The van der Waals surface area contributed by atoms with Gasteiger partial charge in [-0.05, 0) is 12.2 Å². The van der Waals surface area contributed by atoms with Crippen LogP contribution in [0.1, 0.15) is 0 Å². The van der Waals surface area contributed by atoms with E-state index in [2.05, 4.69) is 0 Å². The number of carboxylic acid groups (broad SMARTS) is 1. The lowest BCUT2D eigenvalue weighted by molar-refractivity contribution is -0.138. The third-order valence-electron chi connectivity index (χ3n) is 1.34. The molecule has 0 spiro atoms. The van der Waals surface area contributed by atoms with Crippen LogP contribution in [0.3, 0.4) is 0 Å². The van der Waals surface area contributed by atoms with Crippen LogP contribution < -0.4 is 0 Å². The molecule has 0 bridgehead atoms. The fourth-order valence-electron chi connectivity index (χ4n) is 0.748. The maximum absolute atomic E-state index is 10.4. The summed E-state index contributed by atoms with van der Waals surface area (Å²) in [5.74, 6) is -1.50. The number of carbonyl (C=O) groups is 1. The Balaban J connectivity index is 2.72. The monoisotopic (exact) mass is 192 g/mol. The van der Waals surface area contributed by atoms with E-state index in [1.807, 2.05) is 0 Å². The van der Waals surface area contributed by atoms with Crippen molar-refractivity contribution in [3.05, 3.63) is 24.3 Å². The van der Waals surface area contributed by atoms with Crippen molar-refractivity contribution in [3.63, 3.8) is 0 Å². The maximum atomic E-state index is 10.4. The molecule has 0 saturated heterocycles. The van der Waals surface area contributed by atoms with Gasteiger partial charge in [-0.2, -0.15) is 0 Å². The fraction of sp³-hybridized carbons (Fsp3) is 0.286. The van der Waals surface area contributed by atoms with Gasteiger partial charge in [0.25, 0.3) is 0 Å². The number of aliphatic carboxylic acids is 1. The van der Waals surface area contributed by atoms with Crippen molar-refractivity contribution < 1.29 is 9.90 Å². The number of carboxylic acids is 1. The van der Waals surface area contributed by atoms with Gasteiger partial charge in [-0.1, -0.05) is 35.4 Å². The molecule has 60 valence electrons. The molecule has 4 heteroatoms. The van der Waals surface area contributed by atoms with Crippen LogP contribution in [-0.4, -0.2) is 15.4 Å².